The molecule has 0 bridgehead atoms. The number of ether oxygens (including phenoxy) is 2. The Labute approximate surface area is 121 Å². The monoisotopic (exact) mass is 276 g/mol. The van der Waals surface area contributed by atoms with Crippen molar-refractivity contribution in [2.75, 3.05) is 33.4 Å². The van der Waals surface area contributed by atoms with Crippen LogP contribution in [0.5, 0.6) is 5.75 Å². The Morgan fingerprint density at radius 3 is 3.30 bits per heavy atom. The number of benzene rings is 1. The summed E-state index contributed by atoms with van der Waals surface area (Å²) < 4.78 is 11.2. The highest BCUT2D eigenvalue weighted by Crippen LogP contribution is 2.22. The highest BCUT2D eigenvalue weighted by Gasteiger charge is 2.31. The van der Waals surface area contributed by atoms with E-state index in [2.05, 4.69) is 22.3 Å². The molecule has 2 atom stereocenters. The van der Waals surface area contributed by atoms with Crippen molar-refractivity contribution < 1.29 is 9.47 Å². The van der Waals surface area contributed by atoms with Gasteiger partial charge in [-0.05, 0) is 37.1 Å². The predicted molar refractivity (Wildman–Crippen MR) is 79.0 cm³/mol. The van der Waals surface area contributed by atoms with E-state index in [0.717, 1.165) is 32.0 Å². The van der Waals surface area contributed by atoms with E-state index in [4.69, 9.17) is 9.47 Å². The smallest absolute Gasteiger partial charge is 0.119 e. The average molecular weight is 276 g/mol. The van der Waals surface area contributed by atoms with Crippen molar-refractivity contribution in [1.29, 1.82) is 0 Å². The lowest BCUT2D eigenvalue weighted by atomic mass is 10.2. The fourth-order valence-electron chi connectivity index (χ4n) is 3.17. The molecule has 4 heteroatoms. The third-order valence-corrected chi connectivity index (χ3v) is 4.30. The lowest BCUT2D eigenvalue weighted by Gasteiger charge is -2.35. The first-order chi connectivity index (χ1) is 9.85. The van der Waals surface area contributed by atoms with E-state index in [1.54, 1.807) is 7.11 Å². The Kier molecular flexibility index (Phi) is 4.55. The molecule has 0 aromatic heterocycles. The molecule has 20 heavy (non-hydrogen) atoms. The molecular formula is C16H24N2O2. The van der Waals surface area contributed by atoms with Gasteiger partial charge in [0.05, 0.1) is 19.8 Å². The molecule has 110 valence electrons. The highest BCUT2D eigenvalue weighted by molar-refractivity contribution is 5.28. The summed E-state index contributed by atoms with van der Waals surface area (Å²) >= 11 is 0. The van der Waals surface area contributed by atoms with Gasteiger partial charge in [0.15, 0.2) is 0 Å². The summed E-state index contributed by atoms with van der Waals surface area (Å²) in [4.78, 5) is 2.58. The number of morpholine rings is 1. The Bertz CT molecular complexity index is 438. The van der Waals surface area contributed by atoms with Gasteiger partial charge in [0.1, 0.15) is 5.75 Å². The van der Waals surface area contributed by atoms with Gasteiger partial charge in [-0.1, -0.05) is 12.1 Å². The van der Waals surface area contributed by atoms with Crippen LogP contribution in [-0.4, -0.2) is 50.4 Å². The number of hydrogen-bond acceptors (Lipinski definition) is 4. The van der Waals surface area contributed by atoms with Gasteiger partial charge in [-0.25, -0.2) is 0 Å². The van der Waals surface area contributed by atoms with Gasteiger partial charge in [0, 0.05) is 25.7 Å². The van der Waals surface area contributed by atoms with E-state index in [1.807, 2.05) is 12.1 Å². The zero-order chi connectivity index (χ0) is 13.8. The van der Waals surface area contributed by atoms with Crippen LogP contribution in [0.3, 0.4) is 0 Å². The summed E-state index contributed by atoms with van der Waals surface area (Å²) in [6.45, 7) is 5.02. The molecular weight excluding hydrogens is 252 g/mol. The minimum absolute atomic E-state index is 0.329. The van der Waals surface area contributed by atoms with Crippen molar-refractivity contribution in [2.24, 2.45) is 0 Å². The van der Waals surface area contributed by atoms with Crippen LogP contribution in [0, 0.1) is 0 Å². The second-order valence-corrected chi connectivity index (χ2v) is 5.73. The topological polar surface area (TPSA) is 33.7 Å². The van der Waals surface area contributed by atoms with Gasteiger partial charge in [0.2, 0.25) is 0 Å². The molecule has 0 spiro atoms. The van der Waals surface area contributed by atoms with E-state index < -0.39 is 0 Å². The third-order valence-electron chi connectivity index (χ3n) is 4.30. The maximum absolute atomic E-state index is 5.95. The maximum atomic E-state index is 5.95. The number of fused-ring (bicyclic) bond motifs is 1. The number of methoxy groups -OCH3 is 1. The molecule has 1 aromatic rings. The molecule has 2 unspecified atom stereocenters. The second kappa shape index (κ2) is 6.57. The van der Waals surface area contributed by atoms with Gasteiger partial charge in [-0.15, -0.1) is 0 Å². The fourth-order valence-corrected chi connectivity index (χ4v) is 3.17. The van der Waals surface area contributed by atoms with Crippen LogP contribution < -0.4 is 10.1 Å². The van der Waals surface area contributed by atoms with Gasteiger partial charge in [0.25, 0.3) is 0 Å². The van der Waals surface area contributed by atoms with Crippen LogP contribution >= 0.6 is 0 Å². The lowest BCUT2D eigenvalue weighted by Crippen LogP contribution is -2.49. The lowest BCUT2D eigenvalue weighted by molar-refractivity contribution is -0.0470. The molecule has 3 rings (SSSR count). The van der Waals surface area contributed by atoms with Crippen molar-refractivity contribution in [2.45, 2.75) is 31.5 Å². The van der Waals surface area contributed by atoms with Gasteiger partial charge < -0.3 is 14.8 Å². The Morgan fingerprint density at radius 1 is 1.45 bits per heavy atom. The molecule has 0 amide bonds. The van der Waals surface area contributed by atoms with E-state index >= 15 is 0 Å². The van der Waals surface area contributed by atoms with Crippen molar-refractivity contribution in [3.8, 4) is 5.75 Å². The Hall–Kier alpha value is -1.10. The summed E-state index contributed by atoms with van der Waals surface area (Å²) in [6.07, 6.45) is 2.97. The summed E-state index contributed by atoms with van der Waals surface area (Å²) in [7, 11) is 1.70. The Balaban J connectivity index is 1.43. The number of hydrogen-bond donors (Lipinski definition) is 1. The molecule has 1 aromatic carbocycles. The van der Waals surface area contributed by atoms with Crippen molar-refractivity contribution in [3.05, 3.63) is 29.8 Å². The van der Waals surface area contributed by atoms with Crippen LogP contribution in [-0.2, 0) is 11.3 Å². The van der Waals surface area contributed by atoms with E-state index in [9.17, 15) is 0 Å². The van der Waals surface area contributed by atoms with Gasteiger partial charge >= 0.3 is 0 Å². The first-order valence-electron chi connectivity index (χ1n) is 7.54. The summed E-state index contributed by atoms with van der Waals surface area (Å²) in [5, 5.41) is 3.50. The minimum atomic E-state index is 0.329. The average Bonchev–Trinajstić information content (AvgIpc) is 2.95. The normalized spacial score (nSPS) is 26.4. The summed E-state index contributed by atoms with van der Waals surface area (Å²) in [6, 6.07) is 8.88. The molecule has 4 nitrogen and oxygen atoms in total. The molecule has 0 radical (unpaired) electrons. The molecule has 2 heterocycles. The summed E-state index contributed by atoms with van der Waals surface area (Å²) in [5.74, 6) is 0.915. The van der Waals surface area contributed by atoms with Crippen molar-refractivity contribution >= 4 is 0 Å². The standard InChI is InChI=1S/C16H24N2O2/c1-19-15-6-2-4-13(8-15)9-17-10-16-11-18-7-3-5-14(18)12-20-16/h2,4,6,8,14,16-17H,3,5,7,9-12H2,1H3. The second-order valence-electron chi connectivity index (χ2n) is 5.73. The first-order valence-corrected chi connectivity index (χ1v) is 7.54. The van der Waals surface area contributed by atoms with Gasteiger partial charge in [-0.3, -0.25) is 4.90 Å². The number of nitrogens with one attached hydrogen (secondary N) is 1. The molecule has 0 saturated carbocycles. The van der Waals surface area contributed by atoms with E-state index in [1.165, 1.54) is 24.9 Å². The quantitative estimate of drug-likeness (QED) is 0.886. The van der Waals surface area contributed by atoms with Crippen LogP contribution in [0.15, 0.2) is 24.3 Å². The van der Waals surface area contributed by atoms with Crippen LogP contribution in [0.25, 0.3) is 0 Å². The summed E-state index contributed by atoms with van der Waals surface area (Å²) in [5.41, 5.74) is 1.25. The zero-order valence-corrected chi connectivity index (χ0v) is 12.2. The van der Waals surface area contributed by atoms with E-state index in [-0.39, 0.29) is 0 Å². The van der Waals surface area contributed by atoms with Crippen molar-refractivity contribution in [1.82, 2.24) is 10.2 Å². The number of nitrogens with zero attached hydrogens (tertiary/aromatic N) is 1. The predicted octanol–water partition coefficient (Wildman–Crippen LogP) is 1.65. The Morgan fingerprint density at radius 2 is 2.40 bits per heavy atom. The fraction of sp³-hybridized carbons (Fsp3) is 0.625. The van der Waals surface area contributed by atoms with Crippen molar-refractivity contribution in [3.63, 3.8) is 0 Å². The largest absolute Gasteiger partial charge is 0.497 e. The molecule has 2 fully saturated rings. The molecule has 1 N–H and O–H groups in total. The molecule has 2 aliphatic rings. The minimum Gasteiger partial charge on any atom is -0.497 e. The molecule has 0 aliphatic carbocycles. The number of rotatable bonds is 5. The van der Waals surface area contributed by atoms with Crippen LogP contribution in [0.1, 0.15) is 18.4 Å². The van der Waals surface area contributed by atoms with Crippen LogP contribution in [0.2, 0.25) is 0 Å². The van der Waals surface area contributed by atoms with Crippen LogP contribution in [0.4, 0.5) is 0 Å². The molecule has 2 aliphatic heterocycles. The van der Waals surface area contributed by atoms with E-state index in [0.29, 0.717) is 12.1 Å². The SMILES string of the molecule is COc1cccc(CNCC2CN3CCCC3CO2)c1. The third kappa shape index (κ3) is 3.32. The highest BCUT2D eigenvalue weighted by atomic mass is 16.5. The zero-order valence-electron chi connectivity index (χ0n) is 12.2. The maximum Gasteiger partial charge on any atom is 0.119 e. The molecule has 2 saturated heterocycles. The van der Waals surface area contributed by atoms with Gasteiger partial charge in [-0.2, -0.15) is 0 Å². The first kappa shape index (κ1) is 13.9.